The average molecular weight is 315 g/mol. The van der Waals surface area contributed by atoms with Crippen molar-refractivity contribution in [3.63, 3.8) is 0 Å². The molecule has 0 radical (unpaired) electrons. The Kier molecular flexibility index (Phi) is 4.73. The Balaban J connectivity index is 1.70. The van der Waals surface area contributed by atoms with Gasteiger partial charge in [0.1, 0.15) is 5.56 Å². The first kappa shape index (κ1) is 15.7. The molecule has 1 atom stereocenters. The Hall–Kier alpha value is -2.18. The minimum Gasteiger partial charge on any atom is -0.379 e. The number of benzene rings is 1. The van der Waals surface area contributed by atoms with Crippen LogP contribution in [0.1, 0.15) is 17.3 Å². The monoisotopic (exact) mass is 315 g/mol. The molecule has 1 aliphatic rings. The molecule has 1 amide bonds. The summed E-state index contributed by atoms with van der Waals surface area (Å²) in [6.07, 6.45) is 0. The van der Waals surface area contributed by atoms with Gasteiger partial charge in [-0.25, -0.2) is 0 Å². The second-order valence-electron chi connectivity index (χ2n) is 5.89. The van der Waals surface area contributed by atoms with Crippen molar-refractivity contribution in [3.8, 4) is 0 Å². The summed E-state index contributed by atoms with van der Waals surface area (Å²) in [5, 5.41) is 3.75. The molecule has 23 heavy (non-hydrogen) atoms. The third-order valence-electron chi connectivity index (χ3n) is 4.01. The van der Waals surface area contributed by atoms with Gasteiger partial charge in [-0.3, -0.25) is 14.5 Å². The summed E-state index contributed by atoms with van der Waals surface area (Å²) in [5.41, 5.74) is 0.521. The Morgan fingerprint density at radius 2 is 2.09 bits per heavy atom. The fourth-order valence-corrected chi connectivity index (χ4v) is 2.83. The number of para-hydroxylation sites is 1. The van der Waals surface area contributed by atoms with Crippen LogP contribution in [0.2, 0.25) is 0 Å². The number of hydrogen-bond acceptors (Lipinski definition) is 4. The van der Waals surface area contributed by atoms with E-state index in [0.29, 0.717) is 0 Å². The van der Waals surface area contributed by atoms with Crippen LogP contribution < -0.4 is 10.9 Å². The molecule has 1 aromatic heterocycles. The number of H-pyrrole nitrogens is 1. The maximum absolute atomic E-state index is 12.4. The van der Waals surface area contributed by atoms with Crippen LogP contribution in [0.25, 0.3) is 10.9 Å². The molecule has 6 heteroatoms. The van der Waals surface area contributed by atoms with Gasteiger partial charge in [0.25, 0.3) is 11.5 Å². The molecule has 1 saturated heterocycles. The minimum atomic E-state index is -0.361. The van der Waals surface area contributed by atoms with Gasteiger partial charge >= 0.3 is 0 Å². The van der Waals surface area contributed by atoms with Crippen LogP contribution in [0.3, 0.4) is 0 Å². The molecule has 3 rings (SSSR count). The number of carbonyl (C=O) groups is 1. The van der Waals surface area contributed by atoms with E-state index in [4.69, 9.17) is 4.74 Å². The van der Waals surface area contributed by atoms with Crippen molar-refractivity contribution in [1.29, 1.82) is 0 Å². The molecule has 1 aliphatic heterocycles. The third kappa shape index (κ3) is 3.78. The van der Waals surface area contributed by atoms with E-state index < -0.39 is 0 Å². The molecular formula is C17H21N3O3. The topological polar surface area (TPSA) is 74.4 Å². The van der Waals surface area contributed by atoms with Crippen molar-refractivity contribution in [2.45, 2.75) is 13.0 Å². The van der Waals surface area contributed by atoms with Crippen molar-refractivity contribution in [2.24, 2.45) is 0 Å². The fourth-order valence-electron chi connectivity index (χ4n) is 2.83. The standard InChI is InChI=1S/C17H21N3O3/c1-12(11-20-6-8-23-9-7-20)18-16(21)14-10-13-4-2-3-5-15(13)19-17(14)22/h2-5,10,12H,6-9,11H2,1H3,(H,18,21)(H,19,22)/t12-/m0/s1. The first-order valence-electron chi connectivity index (χ1n) is 7.86. The van der Waals surface area contributed by atoms with Gasteiger partial charge in [-0.15, -0.1) is 0 Å². The molecule has 0 saturated carbocycles. The summed E-state index contributed by atoms with van der Waals surface area (Å²) in [6, 6.07) is 9.03. The van der Waals surface area contributed by atoms with Gasteiger partial charge in [0.2, 0.25) is 0 Å². The van der Waals surface area contributed by atoms with E-state index >= 15 is 0 Å². The average Bonchev–Trinajstić information content (AvgIpc) is 2.55. The Labute approximate surface area is 134 Å². The third-order valence-corrected chi connectivity index (χ3v) is 4.01. The second-order valence-corrected chi connectivity index (χ2v) is 5.89. The van der Waals surface area contributed by atoms with E-state index in [9.17, 15) is 9.59 Å². The van der Waals surface area contributed by atoms with Crippen LogP contribution in [-0.4, -0.2) is 54.7 Å². The lowest BCUT2D eigenvalue weighted by molar-refractivity contribution is 0.0342. The number of hydrogen-bond donors (Lipinski definition) is 2. The molecule has 2 N–H and O–H groups in total. The molecule has 122 valence electrons. The lowest BCUT2D eigenvalue weighted by Crippen LogP contribution is -2.46. The van der Waals surface area contributed by atoms with Gasteiger partial charge < -0.3 is 15.0 Å². The normalized spacial score (nSPS) is 17.1. The van der Waals surface area contributed by atoms with E-state index in [1.165, 1.54) is 0 Å². The number of pyridine rings is 1. The molecule has 2 heterocycles. The van der Waals surface area contributed by atoms with Crippen LogP contribution in [0, 0.1) is 0 Å². The first-order valence-corrected chi connectivity index (χ1v) is 7.86. The highest BCUT2D eigenvalue weighted by Crippen LogP contribution is 2.10. The summed E-state index contributed by atoms with van der Waals surface area (Å²) >= 11 is 0. The summed E-state index contributed by atoms with van der Waals surface area (Å²) in [7, 11) is 0. The van der Waals surface area contributed by atoms with E-state index in [-0.39, 0.29) is 23.1 Å². The number of aromatic nitrogens is 1. The Bertz CT molecular complexity index is 750. The van der Waals surface area contributed by atoms with E-state index in [1.54, 1.807) is 6.07 Å². The van der Waals surface area contributed by atoms with Gasteiger partial charge in [0.05, 0.1) is 13.2 Å². The molecule has 1 fully saturated rings. The number of carbonyl (C=O) groups excluding carboxylic acids is 1. The van der Waals surface area contributed by atoms with Gasteiger partial charge in [-0.2, -0.15) is 0 Å². The van der Waals surface area contributed by atoms with Gasteiger partial charge in [-0.1, -0.05) is 18.2 Å². The van der Waals surface area contributed by atoms with Crippen molar-refractivity contribution in [3.05, 3.63) is 46.2 Å². The fraction of sp³-hybridized carbons (Fsp3) is 0.412. The van der Waals surface area contributed by atoms with E-state index in [1.807, 2.05) is 31.2 Å². The number of aromatic amines is 1. The predicted molar refractivity (Wildman–Crippen MR) is 88.8 cm³/mol. The highest BCUT2D eigenvalue weighted by Gasteiger charge is 2.17. The molecule has 0 bridgehead atoms. The first-order chi connectivity index (χ1) is 11.1. The summed E-state index contributed by atoms with van der Waals surface area (Å²) < 4.78 is 5.31. The molecule has 1 aromatic carbocycles. The van der Waals surface area contributed by atoms with Gasteiger partial charge in [0.15, 0.2) is 0 Å². The molecular weight excluding hydrogens is 294 g/mol. The quantitative estimate of drug-likeness (QED) is 0.882. The summed E-state index contributed by atoms with van der Waals surface area (Å²) in [6.45, 7) is 5.90. The van der Waals surface area contributed by atoms with E-state index in [0.717, 1.165) is 43.8 Å². The van der Waals surface area contributed by atoms with Gasteiger partial charge in [-0.05, 0) is 24.4 Å². The van der Waals surface area contributed by atoms with Crippen LogP contribution in [0.15, 0.2) is 35.1 Å². The van der Waals surface area contributed by atoms with Crippen molar-refractivity contribution >= 4 is 16.8 Å². The number of nitrogens with zero attached hydrogens (tertiary/aromatic N) is 1. The lowest BCUT2D eigenvalue weighted by atomic mass is 10.1. The number of rotatable bonds is 4. The molecule has 0 spiro atoms. The number of fused-ring (bicyclic) bond motifs is 1. The number of ether oxygens (including phenoxy) is 1. The zero-order valence-electron chi connectivity index (χ0n) is 13.2. The summed E-state index contributed by atoms with van der Waals surface area (Å²) in [4.78, 5) is 29.5. The summed E-state index contributed by atoms with van der Waals surface area (Å²) in [5.74, 6) is -0.335. The zero-order valence-corrected chi connectivity index (χ0v) is 13.2. The molecule has 6 nitrogen and oxygen atoms in total. The smallest absolute Gasteiger partial charge is 0.261 e. The number of nitrogens with one attached hydrogen (secondary N) is 2. The lowest BCUT2D eigenvalue weighted by Gasteiger charge is -2.29. The highest BCUT2D eigenvalue weighted by atomic mass is 16.5. The molecule has 0 aliphatic carbocycles. The SMILES string of the molecule is C[C@@H](CN1CCOCC1)NC(=O)c1cc2ccccc2[nH]c1=O. The largest absolute Gasteiger partial charge is 0.379 e. The van der Waals surface area contributed by atoms with Crippen LogP contribution in [0.4, 0.5) is 0 Å². The zero-order chi connectivity index (χ0) is 16.2. The number of morpholine rings is 1. The van der Waals surface area contributed by atoms with Crippen molar-refractivity contribution in [2.75, 3.05) is 32.8 Å². The molecule has 0 unspecified atom stereocenters. The van der Waals surface area contributed by atoms with Crippen molar-refractivity contribution < 1.29 is 9.53 Å². The number of amides is 1. The van der Waals surface area contributed by atoms with Crippen LogP contribution in [0.5, 0.6) is 0 Å². The van der Waals surface area contributed by atoms with Crippen LogP contribution >= 0.6 is 0 Å². The predicted octanol–water partition coefficient (Wildman–Crippen LogP) is 0.979. The second kappa shape index (κ2) is 6.93. The van der Waals surface area contributed by atoms with Gasteiger partial charge in [0, 0.05) is 31.2 Å². The Morgan fingerprint density at radius 1 is 1.35 bits per heavy atom. The highest BCUT2D eigenvalue weighted by molar-refractivity contribution is 5.97. The Morgan fingerprint density at radius 3 is 2.87 bits per heavy atom. The maximum Gasteiger partial charge on any atom is 0.261 e. The van der Waals surface area contributed by atoms with E-state index in [2.05, 4.69) is 15.2 Å². The maximum atomic E-state index is 12.4. The molecule has 2 aromatic rings. The van der Waals surface area contributed by atoms with Crippen molar-refractivity contribution in [1.82, 2.24) is 15.2 Å². The minimum absolute atomic E-state index is 0.0357. The van der Waals surface area contributed by atoms with Crippen LogP contribution in [-0.2, 0) is 4.74 Å².